The van der Waals surface area contributed by atoms with Gasteiger partial charge in [-0.3, -0.25) is 4.79 Å². The number of aryl methyl sites for hydroxylation is 1. The molecule has 22 heavy (non-hydrogen) atoms. The van der Waals surface area contributed by atoms with Crippen molar-refractivity contribution in [2.24, 2.45) is 0 Å². The zero-order chi connectivity index (χ0) is 15.9. The van der Waals surface area contributed by atoms with Gasteiger partial charge in [0.2, 0.25) is 5.91 Å². The largest absolute Gasteiger partial charge is 0.461 e. The average molecular weight is 336 g/mol. The third-order valence-corrected chi connectivity index (χ3v) is 4.40. The maximum atomic E-state index is 11.9. The van der Waals surface area contributed by atoms with E-state index in [2.05, 4.69) is 10.3 Å². The SMILES string of the molecule is CCOC(=O)c1csc(NC(=O)CSc2ccc(C)cc2)n1. The van der Waals surface area contributed by atoms with Crippen LogP contribution in [-0.4, -0.2) is 29.2 Å². The van der Waals surface area contributed by atoms with Crippen molar-refractivity contribution in [1.82, 2.24) is 4.98 Å². The molecule has 0 fully saturated rings. The number of aromatic nitrogens is 1. The van der Waals surface area contributed by atoms with Gasteiger partial charge in [0.25, 0.3) is 0 Å². The van der Waals surface area contributed by atoms with E-state index in [1.807, 2.05) is 31.2 Å². The van der Waals surface area contributed by atoms with Gasteiger partial charge in [-0.2, -0.15) is 0 Å². The second-order valence-corrected chi connectivity index (χ2v) is 6.32. The minimum atomic E-state index is -0.478. The van der Waals surface area contributed by atoms with E-state index in [1.165, 1.54) is 28.7 Å². The Balaban J connectivity index is 1.84. The first-order chi connectivity index (χ1) is 10.6. The van der Waals surface area contributed by atoms with Crippen molar-refractivity contribution >= 4 is 40.1 Å². The van der Waals surface area contributed by atoms with Crippen LogP contribution in [0.4, 0.5) is 5.13 Å². The molecule has 0 aliphatic rings. The summed E-state index contributed by atoms with van der Waals surface area (Å²) in [6, 6.07) is 7.98. The molecule has 0 aliphatic carbocycles. The summed E-state index contributed by atoms with van der Waals surface area (Å²) in [7, 11) is 0. The van der Waals surface area contributed by atoms with Gasteiger partial charge in [0.05, 0.1) is 12.4 Å². The molecule has 1 aromatic heterocycles. The molecule has 1 N–H and O–H groups in total. The predicted molar refractivity (Wildman–Crippen MR) is 88.6 cm³/mol. The summed E-state index contributed by atoms with van der Waals surface area (Å²) in [5, 5.41) is 4.65. The molecule has 1 amide bonds. The number of esters is 1. The highest BCUT2D eigenvalue weighted by atomic mass is 32.2. The van der Waals surface area contributed by atoms with Gasteiger partial charge in [-0.15, -0.1) is 23.1 Å². The molecular formula is C15H16N2O3S2. The van der Waals surface area contributed by atoms with E-state index < -0.39 is 5.97 Å². The number of rotatable bonds is 6. The van der Waals surface area contributed by atoms with Gasteiger partial charge in [-0.05, 0) is 26.0 Å². The molecule has 0 saturated carbocycles. The maximum Gasteiger partial charge on any atom is 0.357 e. The normalized spacial score (nSPS) is 10.3. The monoisotopic (exact) mass is 336 g/mol. The molecule has 7 heteroatoms. The number of ether oxygens (including phenoxy) is 1. The summed E-state index contributed by atoms with van der Waals surface area (Å²) < 4.78 is 4.85. The van der Waals surface area contributed by atoms with E-state index >= 15 is 0 Å². The van der Waals surface area contributed by atoms with Crippen molar-refractivity contribution in [3.05, 3.63) is 40.9 Å². The number of amides is 1. The van der Waals surface area contributed by atoms with Crippen LogP contribution in [0.15, 0.2) is 34.5 Å². The Morgan fingerprint density at radius 3 is 2.73 bits per heavy atom. The van der Waals surface area contributed by atoms with Gasteiger partial charge in [-0.1, -0.05) is 17.7 Å². The lowest BCUT2D eigenvalue weighted by Crippen LogP contribution is -2.14. The Kier molecular flexibility index (Phi) is 5.97. The number of anilines is 1. The number of carbonyl (C=O) groups is 2. The number of nitrogens with zero attached hydrogens (tertiary/aromatic N) is 1. The van der Waals surface area contributed by atoms with Crippen molar-refractivity contribution in [1.29, 1.82) is 0 Å². The van der Waals surface area contributed by atoms with Crippen molar-refractivity contribution in [3.63, 3.8) is 0 Å². The molecule has 2 rings (SSSR count). The molecule has 0 aliphatic heterocycles. The molecule has 0 spiro atoms. The molecule has 1 aromatic carbocycles. The maximum absolute atomic E-state index is 11.9. The Morgan fingerprint density at radius 1 is 1.32 bits per heavy atom. The number of hydrogen-bond donors (Lipinski definition) is 1. The summed E-state index contributed by atoms with van der Waals surface area (Å²) in [6.07, 6.45) is 0. The lowest BCUT2D eigenvalue weighted by molar-refractivity contribution is -0.113. The topological polar surface area (TPSA) is 68.3 Å². The van der Waals surface area contributed by atoms with Crippen molar-refractivity contribution in [2.75, 3.05) is 17.7 Å². The highest BCUT2D eigenvalue weighted by molar-refractivity contribution is 8.00. The quantitative estimate of drug-likeness (QED) is 0.647. The third kappa shape index (κ3) is 4.85. The Bertz CT molecular complexity index is 653. The molecule has 1 heterocycles. The fourth-order valence-electron chi connectivity index (χ4n) is 1.57. The molecule has 0 unspecified atom stereocenters. The van der Waals surface area contributed by atoms with Crippen LogP contribution in [-0.2, 0) is 9.53 Å². The number of hydrogen-bond acceptors (Lipinski definition) is 6. The summed E-state index contributed by atoms with van der Waals surface area (Å²) >= 11 is 2.65. The third-order valence-electron chi connectivity index (χ3n) is 2.63. The van der Waals surface area contributed by atoms with Crippen LogP contribution in [0.5, 0.6) is 0 Å². The second kappa shape index (κ2) is 7.95. The highest BCUT2D eigenvalue weighted by Crippen LogP contribution is 2.20. The highest BCUT2D eigenvalue weighted by Gasteiger charge is 2.13. The van der Waals surface area contributed by atoms with Crippen LogP contribution in [0, 0.1) is 6.92 Å². The van der Waals surface area contributed by atoms with Crippen molar-refractivity contribution in [3.8, 4) is 0 Å². The van der Waals surface area contributed by atoms with Crippen molar-refractivity contribution in [2.45, 2.75) is 18.7 Å². The zero-order valence-electron chi connectivity index (χ0n) is 12.3. The molecular weight excluding hydrogens is 320 g/mol. The average Bonchev–Trinajstić information content (AvgIpc) is 2.95. The molecule has 2 aromatic rings. The first-order valence-electron chi connectivity index (χ1n) is 6.70. The Morgan fingerprint density at radius 2 is 2.05 bits per heavy atom. The summed E-state index contributed by atoms with van der Waals surface area (Å²) in [6.45, 7) is 4.05. The van der Waals surface area contributed by atoms with E-state index in [1.54, 1.807) is 12.3 Å². The van der Waals surface area contributed by atoms with E-state index in [9.17, 15) is 9.59 Å². The lowest BCUT2D eigenvalue weighted by Gasteiger charge is -2.02. The summed E-state index contributed by atoms with van der Waals surface area (Å²) in [4.78, 5) is 28.4. The number of benzene rings is 1. The van der Waals surface area contributed by atoms with Gasteiger partial charge < -0.3 is 10.1 Å². The van der Waals surface area contributed by atoms with Crippen LogP contribution < -0.4 is 5.32 Å². The zero-order valence-corrected chi connectivity index (χ0v) is 13.9. The molecule has 0 bridgehead atoms. The van der Waals surface area contributed by atoms with Gasteiger partial charge in [-0.25, -0.2) is 9.78 Å². The predicted octanol–water partition coefficient (Wildman–Crippen LogP) is 3.36. The molecule has 0 atom stereocenters. The molecule has 5 nitrogen and oxygen atoms in total. The van der Waals surface area contributed by atoms with Crippen LogP contribution in [0.25, 0.3) is 0 Å². The van der Waals surface area contributed by atoms with Crippen molar-refractivity contribution < 1.29 is 14.3 Å². The van der Waals surface area contributed by atoms with Crippen LogP contribution in [0.3, 0.4) is 0 Å². The Labute approximate surface area is 137 Å². The summed E-state index contributed by atoms with van der Waals surface area (Å²) in [5.41, 5.74) is 1.40. The van der Waals surface area contributed by atoms with E-state index in [-0.39, 0.29) is 17.4 Å². The van der Waals surface area contributed by atoms with Crippen LogP contribution >= 0.6 is 23.1 Å². The number of thiazole rings is 1. The molecule has 0 radical (unpaired) electrons. The van der Waals surface area contributed by atoms with Crippen LogP contribution in [0.1, 0.15) is 23.0 Å². The summed E-state index contributed by atoms with van der Waals surface area (Å²) in [5.74, 6) is -0.346. The van der Waals surface area contributed by atoms with E-state index in [4.69, 9.17) is 4.74 Å². The van der Waals surface area contributed by atoms with Gasteiger partial charge >= 0.3 is 5.97 Å². The van der Waals surface area contributed by atoms with E-state index in [0.29, 0.717) is 11.7 Å². The van der Waals surface area contributed by atoms with Gasteiger partial charge in [0.15, 0.2) is 10.8 Å². The molecule has 116 valence electrons. The van der Waals surface area contributed by atoms with E-state index in [0.717, 1.165) is 4.90 Å². The number of thioether (sulfide) groups is 1. The van der Waals surface area contributed by atoms with Gasteiger partial charge in [0, 0.05) is 10.3 Å². The first-order valence-corrected chi connectivity index (χ1v) is 8.57. The molecule has 0 saturated heterocycles. The van der Waals surface area contributed by atoms with Crippen LogP contribution in [0.2, 0.25) is 0 Å². The van der Waals surface area contributed by atoms with Gasteiger partial charge in [0.1, 0.15) is 0 Å². The fraction of sp³-hybridized carbons (Fsp3) is 0.267. The first kappa shape index (κ1) is 16.5. The minimum absolute atomic E-state index is 0.157. The second-order valence-electron chi connectivity index (χ2n) is 4.41. The lowest BCUT2D eigenvalue weighted by atomic mass is 10.2. The number of carbonyl (C=O) groups excluding carboxylic acids is 2. The number of nitrogens with one attached hydrogen (secondary N) is 1. The minimum Gasteiger partial charge on any atom is -0.461 e. The smallest absolute Gasteiger partial charge is 0.357 e. The standard InChI is InChI=1S/C15H16N2O3S2/c1-3-20-14(19)12-8-22-15(16-12)17-13(18)9-21-11-6-4-10(2)5-7-11/h4-8H,3,9H2,1-2H3,(H,16,17,18). The Hall–Kier alpha value is -1.86. The fourth-order valence-corrected chi connectivity index (χ4v) is 2.96.